The lowest BCUT2D eigenvalue weighted by Crippen LogP contribution is -2.37. The predicted octanol–water partition coefficient (Wildman–Crippen LogP) is 6.06. The molecular weight excluding hydrogens is 480 g/mol. The van der Waals surface area contributed by atoms with Gasteiger partial charge in [-0.25, -0.2) is 9.50 Å². The highest BCUT2D eigenvalue weighted by Gasteiger charge is 2.42. The number of imidazole rings is 1. The Balaban J connectivity index is 1.39. The van der Waals surface area contributed by atoms with Crippen molar-refractivity contribution in [2.75, 3.05) is 0 Å². The van der Waals surface area contributed by atoms with Crippen LogP contribution in [0, 0.1) is 6.92 Å². The molecule has 7 rings (SSSR count). The average Bonchev–Trinajstić information content (AvgIpc) is 3.61. The molecule has 6 aromatic rings. The van der Waals surface area contributed by atoms with Crippen LogP contribution in [0.2, 0.25) is 0 Å². The number of fused-ring (bicyclic) bond motifs is 3. The van der Waals surface area contributed by atoms with E-state index >= 15 is 0 Å². The number of hydrogen-bond acceptors (Lipinski definition) is 3. The fraction of sp³-hybridized carbons (Fsp3) is 0.176. The molecule has 0 saturated carbocycles. The summed E-state index contributed by atoms with van der Waals surface area (Å²) < 4.78 is 4.13. The normalized spacial score (nSPS) is 17.3. The molecule has 0 spiro atoms. The van der Waals surface area contributed by atoms with Gasteiger partial charge in [0.05, 0.1) is 23.2 Å². The van der Waals surface area contributed by atoms with E-state index in [9.17, 15) is 5.11 Å². The Bertz CT molecular complexity index is 1660. The van der Waals surface area contributed by atoms with Crippen molar-refractivity contribution in [2.45, 2.75) is 37.3 Å². The number of aryl methyl sites for hydroxylation is 2. The quantitative estimate of drug-likeness (QED) is 0.287. The molecule has 0 fully saturated rings. The van der Waals surface area contributed by atoms with E-state index in [0.717, 1.165) is 39.0 Å². The predicted molar refractivity (Wildman–Crippen MR) is 153 cm³/mol. The summed E-state index contributed by atoms with van der Waals surface area (Å²) in [7, 11) is 0. The summed E-state index contributed by atoms with van der Waals surface area (Å²) in [5.41, 5.74) is 6.72. The molecule has 1 unspecified atom stereocenters. The Hall–Kier alpha value is -4.48. The molecule has 0 radical (unpaired) electrons. The molecule has 0 amide bonds. The summed E-state index contributed by atoms with van der Waals surface area (Å²) in [5, 5.41) is 16.9. The number of benzene rings is 3. The number of rotatable bonds is 5. The third-order valence-corrected chi connectivity index (χ3v) is 8.23. The van der Waals surface area contributed by atoms with Crippen LogP contribution < -0.4 is 0 Å². The van der Waals surface area contributed by atoms with Crippen LogP contribution in [0.5, 0.6) is 0 Å². The van der Waals surface area contributed by atoms with E-state index in [1.807, 2.05) is 35.2 Å². The van der Waals surface area contributed by atoms with Crippen molar-refractivity contribution in [3.8, 4) is 0 Å². The first-order valence-electron chi connectivity index (χ1n) is 13.5. The van der Waals surface area contributed by atoms with Crippen LogP contribution in [0.25, 0.3) is 5.52 Å². The molecule has 5 nitrogen and oxygen atoms in total. The lowest BCUT2D eigenvalue weighted by atomic mass is 9.76. The minimum absolute atomic E-state index is 0.487. The molecule has 0 saturated heterocycles. The molecule has 192 valence electrons. The summed E-state index contributed by atoms with van der Waals surface area (Å²) in [5.74, 6) is 0. The van der Waals surface area contributed by atoms with Crippen molar-refractivity contribution in [1.29, 1.82) is 0 Å². The summed E-state index contributed by atoms with van der Waals surface area (Å²) >= 11 is 0. The van der Waals surface area contributed by atoms with E-state index in [1.165, 1.54) is 0 Å². The average molecular weight is 511 g/mol. The van der Waals surface area contributed by atoms with Crippen LogP contribution >= 0.6 is 0 Å². The maximum Gasteiger partial charge on any atom is 0.121 e. The second-order valence-electron chi connectivity index (χ2n) is 10.6. The number of hydrogen-bond donors (Lipinski definition) is 1. The zero-order chi connectivity index (χ0) is 26.5. The van der Waals surface area contributed by atoms with Gasteiger partial charge in [0, 0.05) is 24.4 Å². The Morgan fingerprint density at radius 1 is 0.769 bits per heavy atom. The lowest BCUT2D eigenvalue weighted by Gasteiger charge is -2.37. The van der Waals surface area contributed by atoms with Crippen LogP contribution in [0.3, 0.4) is 0 Å². The van der Waals surface area contributed by atoms with Gasteiger partial charge in [0.2, 0.25) is 0 Å². The van der Waals surface area contributed by atoms with Crippen molar-refractivity contribution in [3.05, 3.63) is 161 Å². The van der Waals surface area contributed by atoms with E-state index < -0.39 is 11.1 Å². The molecule has 1 atom stereocenters. The van der Waals surface area contributed by atoms with E-state index in [1.54, 1.807) is 0 Å². The van der Waals surface area contributed by atoms with Crippen LogP contribution in [0.1, 0.15) is 45.6 Å². The smallest absolute Gasteiger partial charge is 0.121 e. The number of aromatic nitrogens is 4. The number of pyridine rings is 1. The highest BCUT2D eigenvalue weighted by molar-refractivity contribution is 5.59. The summed E-state index contributed by atoms with van der Waals surface area (Å²) in [4.78, 5) is 4.89. The molecule has 3 aromatic carbocycles. The van der Waals surface area contributed by atoms with Crippen molar-refractivity contribution < 1.29 is 5.11 Å². The first-order chi connectivity index (χ1) is 19.1. The maximum absolute atomic E-state index is 12.1. The van der Waals surface area contributed by atoms with Crippen LogP contribution in [0.15, 0.2) is 122 Å². The summed E-state index contributed by atoms with van der Waals surface area (Å²) in [6, 6.07) is 35.8. The monoisotopic (exact) mass is 510 g/mol. The van der Waals surface area contributed by atoms with Crippen molar-refractivity contribution >= 4 is 5.52 Å². The largest absolute Gasteiger partial charge is 0.383 e. The Kier molecular flexibility index (Phi) is 5.49. The minimum atomic E-state index is -1.08. The van der Waals surface area contributed by atoms with E-state index in [4.69, 9.17) is 10.1 Å². The van der Waals surface area contributed by atoms with Crippen molar-refractivity contribution in [1.82, 2.24) is 19.2 Å². The van der Waals surface area contributed by atoms with E-state index in [0.29, 0.717) is 25.0 Å². The number of nitrogens with zero attached hydrogens (tertiary/aromatic N) is 4. The molecule has 1 aliphatic carbocycles. The second kappa shape index (κ2) is 9.07. The minimum Gasteiger partial charge on any atom is -0.383 e. The fourth-order valence-corrected chi connectivity index (χ4v) is 6.30. The zero-order valence-electron chi connectivity index (χ0n) is 21.9. The first kappa shape index (κ1) is 23.6. The topological polar surface area (TPSA) is 55.4 Å². The highest BCUT2D eigenvalue weighted by atomic mass is 16.3. The molecule has 0 bridgehead atoms. The third kappa shape index (κ3) is 3.73. The molecule has 1 aliphatic rings. The maximum atomic E-state index is 12.1. The first-order valence-corrected chi connectivity index (χ1v) is 13.5. The Labute approximate surface area is 228 Å². The second-order valence-corrected chi connectivity index (χ2v) is 10.6. The standard InChI is InChI=1S/C34H30N4O/c1-25-17-18-31-29-21-33(39,20-19-30(29)36-38(31)22-25)32-23-37(24-35-32)34(26-11-5-2-6-12-26,27-13-7-3-8-14-27)28-15-9-4-10-16-28/h2-18,22-24,39H,19-21H2,1H3. The van der Waals surface area contributed by atoms with Gasteiger partial charge in [-0.2, -0.15) is 5.10 Å². The molecule has 3 aromatic heterocycles. The van der Waals surface area contributed by atoms with E-state index in [2.05, 4.69) is 103 Å². The van der Waals surface area contributed by atoms with E-state index in [-0.39, 0.29) is 0 Å². The van der Waals surface area contributed by atoms with Gasteiger partial charge < -0.3 is 9.67 Å². The SMILES string of the molecule is Cc1ccc2c3c(nn2c1)CCC(O)(c1cn(C(c2ccccc2)(c2ccccc2)c2ccccc2)cn1)C3. The van der Waals surface area contributed by atoms with Gasteiger partial charge in [0.1, 0.15) is 11.1 Å². The van der Waals surface area contributed by atoms with Crippen molar-refractivity contribution in [3.63, 3.8) is 0 Å². The van der Waals surface area contributed by atoms with Gasteiger partial charge >= 0.3 is 0 Å². The van der Waals surface area contributed by atoms with Crippen molar-refractivity contribution in [2.24, 2.45) is 0 Å². The van der Waals surface area contributed by atoms with Gasteiger partial charge in [0.15, 0.2) is 0 Å². The van der Waals surface area contributed by atoms with Crippen LogP contribution in [-0.2, 0) is 24.0 Å². The van der Waals surface area contributed by atoms with Gasteiger partial charge in [0.25, 0.3) is 0 Å². The molecule has 0 aliphatic heterocycles. The summed E-state index contributed by atoms with van der Waals surface area (Å²) in [6.07, 6.45) is 7.76. The Morgan fingerprint density at radius 3 is 1.95 bits per heavy atom. The summed E-state index contributed by atoms with van der Waals surface area (Å²) in [6.45, 7) is 2.07. The fourth-order valence-electron chi connectivity index (χ4n) is 6.30. The Morgan fingerprint density at radius 2 is 1.36 bits per heavy atom. The van der Waals surface area contributed by atoms with Gasteiger partial charge in [-0.1, -0.05) is 97.1 Å². The highest BCUT2D eigenvalue weighted by Crippen LogP contribution is 2.43. The molecule has 3 heterocycles. The van der Waals surface area contributed by atoms with Crippen LogP contribution in [0.4, 0.5) is 0 Å². The van der Waals surface area contributed by atoms with Gasteiger partial charge in [-0.15, -0.1) is 0 Å². The van der Waals surface area contributed by atoms with Gasteiger partial charge in [-0.05, 0) is 48.1 Å². The third-order valence-electron chi connectivity index (χ3n) is 8.23. The number of aliphatic hydroxyl groups is 1. The molecule has 5 heteroatoms. The molecular formula is C34H30N4O. The lowest BCUT2D eigenvalue weighted by molar-refractivity contribution is 0.0183. The van der Waals surface area contributed by atoms with Crippen LogP contribution in [-0.4, -0.2) is 24.3 Å². The molecule has 39 heavy (non-hydrogen) atoms. The van der Waals surface area contributed by atoms with Gasteiger partial charge in [-0.3, -0.25) is 0 Å². The molecule has 1 N–H and O–H groups in total. The zero-order valence-corrected chi connectivity index (χ0v) is 21.9.